The Hall–Kier alpha value is -12.0. The number of hydrogen-bond donors (Lipinski definition) is 8. The molecule has 6 aromatic rings. The molecular weight excluding hydrogens is 1730 g/mol. The van der Waals surface area contributed by atoms with Gasteiger partial charge >= 0.3 is 47.8 Å². The zero-order valence-electron chi connectivity index (χ0n) is 72.4. The Bertz CT molecular complexity index is 5230. The van der Waals surface area contributed by atoms with Crippen molar-refractivity contribution in [2.24, 2.45) is 0 Å². The zero-order valence-corrected chi connectivity index (χ0v) is 75.4. The summed E-state index contributed by atoms with van der Waals surface area (Å²) in [6, 6.07) is 14.6. The van der Waals surface area contributed by atoms with Crippen LogP contribution in [0.3, 0.4) is 0 Å². The van der Waals surface area contributed by atoms with E-state index in [-0.39, 0.29) is 94.6 Å². The predicted octanol–water partition coefficient (Wildman–Crippen LogP) is 12.9. The maximum absolute atomic E-state index is 13.1. The van der Waals surface area contributed by atoms with Gasteiger partial charge in [0.2, 0.25) is 0 Å². The molecule has 0 radical (unpaired) electrons. The number of carbonyl (C=O) groups is 14. The third-order valence-electron chi connectivity index (χ3n) is 19.6. The molecule has 0 saturated heterocycles. The Morgan fingerprint density at radius 3 is 1.15 bits per heavy atom. The molecule has 8 rings (SSSR count). The molecule has 0 unspecified atom stereocenters. The van der Waals surface area contributed by atoms with Crippen molar-refractivity contribution in [2.45, 2.75) is 160 Å². The number of nitrogens with one attached hydrogen (secondary N) is 6. The molecule has 2 aliphatic rings. The fraction of sp³-hybridized carbons (Fsp3) is 0.386. The number of aromatic nitrogens is 2. The number of anilines is 2. The molecule has 4 aromatic carbocycles. The van der Waals surface area contributed by atoms with Crippen molar-refractivity contribution in [1.82, 2.24) is 30.4 Å². The number of aryl methyl sites for hydroxylation is 2. The van der Waals surface area contributed by atoms with E-state index in [0.29, 0.717) is 111 Å². The molecule has 4 amide bonds. The minimum Gasteiger partial charge on any atom is -0.480 e. The van der Waals surface area contributed by atoms with Gasteiger partial charge in [-0.3, -0.25) is 34.0 Å². The van der Waals surface area contributed by atoms with E-state index in [1.54, 1.807) is 65.8 Å². The van der Waals surface area contributed by atoms with Gasteiger partial charge in [-0.05, 0) is 203 Å². The lowest BCUT2D eigenvalue weighted by Crippen LogP contribution is -2.37. The van der Waals surface area contributed by atoms with Crippen LogP contribution < -0.4 is 40.2 Å². The highest BCUT2D eigenvalue weighted by atomic mass is 35.5. The van der Waals surface area contributed by atoms with Crippen molar-refractivity contribution >= 4 is 164 Å². The Morgan fingerprint density at radius 2 is 0.810 bits per heavy atom. The molecular formula is C88H102Cl4N8O26. The fourth-order valence-electron chi connectivity index (χ4n) is 12.1. The number of Topliss-reactive ketones (excluding diaryl/α,β-unsaturated/α-hetero) is 2. The first-order valence-corrected chi connectivity index (χ1v) is 41.4. The van der Waals surface area contributed by atoms with Gasteiger partial charge in [-0.25, -0.2) is 43.2 Å². The highest BCUT2D eigenvalue weighted by Gasteiger charge is 2.35. The predicted molar refractivity (Wildman–Crippen MR) is 468 cm³/mol. The third kappa shape index (κ3) is 27.5. The van der Waals surface area contributed by atoms with E-state index in [2.05, 4.69) is 86.8 Å². The molecule has 0 fully saturated rings. The van der Waals surface area contributed by atoms with Crippen molar-refractivity contribution in [3.8, 4) is 23.0 Å². The number of carboxylic acids is 1. The third-order valence-corrected chi connectivity index (χ3v) is 21.3. The number of benzene rings is 4. The van der Waals surface area contributed by atoms with Gasteiger partial charge in [0.05, 0.1) is 32.3 Å². The van der Waals surface area contributed by atoms with Crippen LogP contribution in [0.2, 0.25) is 20.1 Å². The summed E-state index contributed by atoms with van der Waals surface area (Å²) in [5.74, 6) is -9.89. The second kappa shape index (κ2) is 47.9. The van der Waals surface area contributed by atoms with Crippen molar-refractivity contribution in [2.75, 3.05) is 76.2 Å². The first kappa shape index (κ1) is 103. The van der Waals surface area contributed by atoms with Crippen LogP contribution in [0.25, 0.3) is 23.3 Å². The molecule has 2 aliphatic heterocycles. The van der Waals surface area contributed by atoms with E-state index in [9.17, 15) is 67.1 Å². The van der Waals surface area contributed by atoms with Crippen molar-refractivity contribution in [1.29, 1.82) is 0 Å². The van der Waals surface area contributed by atoms with Gasteiger partial charge in [0.25, 0.3) is 23.6 Å². The van der Waals surface area contributed by atoms with E-state index in [0.717, 1.165) is 32.7 Å². The Kier molecular flexibility index (Phi) is 39.1. The number of halogens is 4. The highest BCUT2D eigenvalue weighted by molar-refractivity contribution is 6.46. The number of carbonyl (C=O) groups excluding carboxylic acids is 13. The number of ether oxygens (including phenoxy) is 9. The molecule has 38 heteroatoms. The lowest BCUT2D eigenvalue weighted by Gasteiger charge is -2.18. The fourth-order valence-corrected chi connectivity index (χ4v) is 13.0. The van der Waals surface area contributed by atoms with Gasteiger partial charge in [-0.15, -0.1) is 0 Å². The number of amides is 4. The average molecular weight is 1830 g/mol. The lowest BCUT2D eigenvalue weighted by atomic mass is 10.0. The number of rotatable bonds is 40. The largest absolute Gasteiger partial charge is 0.480 e. The van der Waals surface area contributed by atoms with Gasteiger partial charge in [-0.1, -0.05) is 101 Å². The first-order valence-electron chi connectivity index (χ1n) is 39.9. The van der Waals surface area contributed by atoms with Gasteiger partial charge in [0.15, 0.2) is 61.4 Å². The van der Waals surface area contributed by atoms with Gasteiger partial charge in [-0.2, -0.15) is 0 Å². The average Bonchev–Trinajstić information content (AvgIpc) is 1.64. The van der Waals surface area contributed by atoms with Crippen LogP contribution in [0.4, 0.5) is 11.4 Å². The number of allylic oxidation sites excluding steroid dienone is 2. The maximum atomic E-state index is 13.1. The number of fused-ring (bicyclic) bond motifs is 2. The molecule has 2 aromatic heterocycles. The van der Waals surface area contributed by atoms with E-state index in [1.165, 1.54) is 90.1 Å². The van der Waals surface area contributed by atoms with E-state index < -0.39 is 103 Å². The quantitative estimate of drug-likeness (QED) is 0.00337. The number of nitrogens with zero attached hydrogens (tertiary/aromatic N) is 2. The summed E-state index contributed by atoms with van der Waals surface area (Å²) in [6.07, 6.45) is -4.36. The molecule has 0 saturated carbocycles. The number of hydrogen-bond acceptors (Lipinski definition) is 27. The Morgan fingerprint density at radius 1 is 0.468 bits per heavy atom. The van der Waals surface area contributed by atoms with E-state index in [1.807, 2.05) is 0 Å². The molecule has 34 nitrogen and oxygen atoms in total. The molecule has 678 valence electrons. The number of likely N-dealkylation sites (N-methyl/N-ethyl adjacent to an activating group) is 2. The number of aromatic amines is 2. The number of H-pyrrole nitrogens is 2. The summed E-state index contributed by atoms with van der Waals surface area (Å²) in [6.45, 7) is 38.4. The minimum atomic E-state index is -1.52. The van der Waals surface area contributed by atoms with E-state index in [4.69, 9.17) is 99.4 Å². The number of aliphatic carboxylic acids is 1. The summed E-state index contributed by atoms with van der Waals surface area (Å²) < 4.78 is 46.4. The van der Waals surface area contributed by atoms with Crippen LogP contribution >= 0.6 is 46.4 Å². The van der Waals surface area contributed by atoms with Crippen molar-refractivity contribution in [3.05, 3.63) is 172 Å². The molecule has 126 heavy (non-hydrogen) atoms. The first-order chi connectivity index (χ1) is 59.5. The Balaban J connectivity index is 0.000000332. The van der Waals surface area contributed by atoms with Gasteiger partial charge in [0.1, 0.15) is 33.0 Å². The minimum absolute atomic E-state index is 0.0117. The summed E-state index contributed by atoms with van der Waals surface area (Å²) in [5, 5.41) is 28.4. The Labute approximate surface area is 747 Å². The van der Waals surface area contributed by atoms with Crippen molar-refractivity contribution < 1.29 is 125 Å². The molecule has 6 atom stereocenters. The number of ketones is 2. The molecule has 8 N–H and O–H groups in total. The number of esters is 7. The van der Waals surface area contributed by atoms with Crippen molar-refractivity contribution in [3.63, 3.8) is 0 Å². The van der Waals surface area contributed by atoms with Crippen LogP contribution in [0.5, 0.6) is 23.0 Å². The molecule has 0 aliphatic carbocycles. The molecule has 0 spiro atoms. The maximum Gasteiger partial charge on any atom is 0.352 e. The SMILES string of the molecule is C=C(CC)C(=O)c1ccc(OCC(=O)O)c(Cl)c1Cl.C=C(CC)C(=O)c1ccc(OCC(=O)O[C@@H](C)C(=O)O[C@@H](C)C(=O)O[C@@H](C)C(=O)Oc2ccc3c(c2)/C(=C/c2[nH]c(C)c(C(=O)NCCN(CC)CC)c2C)C(=O)N3)c(Cl)c1Cl.CCN(CC)CCNC(=O)c1c(C)[nH]c(/C=C2\C(=O)Nc3ccc(OC(=O)[C@H](C)OC(=O)[C@H](C)OC(=O)[C@H](C)OO)cc32)c1C. The van der Waals surface area contributed by atoms with E-state index >= 15 is 0 Å². The monoisotopic (exact) mass is 1830 g/mol. The second-order valence-corrected chi connectivity index (χ2v) is 29.9. The lowest BCUT2D eigenvalue weighted by molar-refractivity contribution is -0.274. The molecule has 4 heterocycles. The summed E-state index contributed by atoms with van der Waals surface area (Å²) in [7, 11) is 0. The normalized spacial score (nSPS) is 13.8. The molecule has 0 bridgehead atoms. The van der Waals surface area contributed by atoms with Gasteiger partial charge in [0, 0.05) is 82.6 Å². The smallest absolute Gasteiger partial charge is 0.352 e. The van der Waals surface area contributed by atoms with Crippen LogP contribution in [-0.4, -0.2) is 215 Å². The summed E-state index contributed by atoms with van der Waals surface area (Å²) in [4.78, 5) is 189. The zero-order chi connectivity index (χ0) is 94.0. The van der Waals surface area contributed by atoms with Crippen LogP contribution in [0, 0.1) is 27.7 Å². The van der Waals surface area contributed by atoms with Gasteiger partial charge < -0.3 is 88.8 Å². The number of carboxylic acid groups (broad SMARTS) is 1. The van der Waals surface area contributed by atoms with Crippen LogP contribution in [0.1, 0.15) is 182 Å². The summed E-state index contributed by atoms with van der Waals surface area (Å²) in [5.41, 5.74) is 8.23. The topological polar surface area (TPSA) is 458 Å². The van der Waals surface area contributed by atoms with Crippen LogP contribution in [-0.2, 0) is 76.5 Å². The standard InChI is InChI=1S/C44H50Cl2N4O12.C31H40N4O10.C13H12Cl2O4/c1-10-22(4)39(52)29-14-16-34(38(46)37(29)45)58-21-35(51)59-25(7)42(55)60-26(8)43(56)61-27(9)44(57)62-28-13-15-32-30(19-28)31(40(53)49-32)20-33-23(5)36(24(6)48-33)41(54)47-17-18-50(11-2)12-3;1-8-35(9-2)13-12-32-28(37)26-16(3)25(33-17(26)4)15-23-22-14-21(10-11-24(22)34-27(23)36)44-30(39)19(6)42-29(38)18(5)43-31(40)20(7)45-41;1-3-7(2)13(18)8-4-5-9(12(15)11(8)14)19-6-10(16)17/h13-16,19-20,25-27,48H,4,10-12,17-18,21H2,1-3,5-9H3,(H,47,54)(H,49,53);10-11,14-15,18-20,33,41H,8-9,12-13H2,1-7H3,(H,32,37)(H,34,36);4-5H,2-3,6H2,1H3,(H,16,17)/b31-20-;23-15-;/t25-,26-,27-;18-,19-,20-;/m00./s1. The second-order valence-electron chi connectivity index (χ2n) is 28.4. The van der Waals surface area contributed by atoms with Crippen LogP contribution in [0.15, 0.2) is 85.0 Å². The summed E-state index contributed by atoms with van der Waals surface area (Å²) >= 11 is 24.4. The highest BCUT2D eigenvalue weighted by Crippen LogP contribution is 2.41.